The molecule has 0 unspecified atom stereocenters. The first-order chi connectivity index (χ1) is 10.5. The summed E-state index contributed by atoms with van der Waals surface area (Å²) in [7, 11) is 0. The molecule has 0 spiro atoms. The second kappa shape index (κ2) is 7.70. The van der Waals surface area contributed by atoms with Crippen molar-refractivity contribution in [2.24, 2.45) is 5.92 Å². The molecule has 0 atom stereocenters. The van der Waals surface area contributed by atoms with Crippen molar-refractivity contribution < 1.29 is 17.9 Å². The Morgan fingerprint density at radius 2 is 1.73 bits per heavy atom. The van der Waals surface area contributed by atoms with Gasteiger partial charge in [0.15, 0.2) is 0 Å². The van der Waals surface area contributed by atoms with Gasteiger partial charge >= 0.3 is 6.18 Å². The zero-order valence-corrected chi connectivity index (χ0v) is 12.9. The molecule has 0 aromatic heterocycles. The monoisotopic (exact) mass is 312 g/mol. The summed E-state index contributed by atoms with van der Waals surface area (Å²) in [5.74, 6) is 1.88. The highest BCUT2D eigenvalue weighted by Gasteiger charge is 2.23. The third-order valence-corrected chi connectivity index (χ3v) is 4.36. The Morgan fingerprint density at radius 1 is 1.09 bits per heavy atom. The van der Waals surface area contributed by atoms with Crippen molar-refractivity contribution in [1.82, 2.24) is 0 Å². The Bertz CT molecular complexity index is 468. The molecule has 0 aliphatic heterocycles. The number of alkyl halides is 3. The third kappa shape index (κ3) is 5.39. The first kappa shape index (κ1) is 16.9. The van der Waals surface area contributed by atoms with E-state index in [4.69, 9.17) is 4.74 Å². The highest BCUT2D eigenvalue weighted by molar-refractivity contribution is 5.30. The molecular weight excluding hydrogens is 289 g/mol. The van der Waals surface area contributed by atoms with Gasteiger partial charge in [-0.25, -0.2) is 0 Å². The van der Waals surface area contributed by atoms with Crippen LogP contribution in [0.3, 0.4) is 0 Å². The predicted molar refractivity (Wildman–Crippen MR) is 81.9 cm³/mol. The van der Waals surface area contributed by atoms with E-state index in [2.05, 4.69) is 6.92 Å². The molecule has 0 heterocycles. The van der Waals surface area contributed by atoms with E-state index in [0.717, 1.165) is 5.92 Å². The number of rotatable bonds is 5. The maximum Gasteiger partial charge on any atom is 0.412 e. The van der Waals surface area contributed by atoms with Crippen LogP contribution < -0.4 is 4.74 Å². The zero-order valence-electron chi connectivity index (χ0n) is 12.9. The van der Waals surface area contributed by atoms with Crippen LogP contribution in [0.15, 0.2) is 36.6 Å². The minimum Gasteiger partial charge on any atom is -0.465 e. The summed E-state index contributed by atoms with van der Waals surface area (Å²) in [6, 6.07) is 7.44. The van der Waals surface area contributed by atoms with Crippen LogP contribution in [-0.2, 0) is 0 Å². The van der Waals surface area contributed by atoms with E-state index >= 15 is 0 Å². The van der Waals surface area contributed by atoms with Gasteiger partial charge in [-0.05, 0) is 55.2 Å². The quantitative estimate of drug-likeness (QED) is 0.587. The summed E-state index contributed by atoms with van der Waals surface area (Å²) < 4.78 is 40.9. The standard InChI is InChI=1S/C18H23F3O/c1-2-3-14-4-6-15(7-5-14)16-8-10-17(11-9-16)22-13-12-18(19,20)21/h8-15H,2-7H2,1H3/b13-12+. The molecule has 4 heteroatoms. The lowest BCUT2D eigenvalue weighted by molar-refractivity contribution is -0.0809. The Hall–Kier alpha value is -1.45. The minimum absolute atomic E-state index is 0.0932. The fourth-order valence-corrected chi connectivity index (χ4v) is 3.20. The Labute approximate surface area is 130 Å². The summed E-state index contributed by atoms with van der Waals surface area (Å²) in [4.78, 5) is 0. The Kier molecular flexibility index (Phi) is 5.92. The van der Waals surface area contributed by atoms with E-state index < -0.39 is 6.18 Å². The molecule has 22 heavy (non-hydrogen) atoms. The molecule has 122 valence electrons. The average molecular weight is 312 g/mol. The number of ether oxygens (including phenoxy) is 1. The van der Waals surface area contributed by atoms with Gasteiger partial charge in [-0.3, -0.25) is 0 Å². The highest BCUT2D eigenvalue weighted by Crippen LogP contribution is 2.37. The summed E-state index contributed by atoms with van der Waals surface area (Å²) in [5, 5.41) is 0. The van der Waals surface area contributed by atoms with Gasteiger partial charge in [0.1, 0.15) is 5.75 Å². The van der Waals surface area contributed by atoms with Crippen LogP contribution in [0.25, 0.3) is 0 Å². The number of allylic oxidation sites excluding steroid dienone is 1. The molecule has 1 aromatic carbocycles. The van der Waals surface area contributed by atoms with Crippen molar-refractivity contribution in [3.63, 3.8) is 0 Å². The molecule has 0 amide bonds. The van der Waals surface area contributed by atoms with Gasteiger partial charge in [0.2, 0.25) is 0 Å². The molecule has 2 rings (SSSR count). The highest BCUT2D eigenvalue weighted by atomic mass is 19.4. The van der Waals surface area contributed by atoms with Crippen LogP contribution in [0.4, 0.5) is 13.2 Å². The molecule has 0 N–H and O–H groups in total. The topological polar surface area (TPSA) is 9.23 Å². The fraction of sp³-hybridized carbons (Fsp3) is 0.556. The average Bonchev–Trinajstić information content (AvgIpc) is 2.48. The van der Waals surface area contributed by atoms with Gasteiger partial charge in [0, 0.05) is 0 Å². The van der Waals surface area contributed by atoms with E-state index in [1.54, 1.807) is 12.1 Å². The summed E-state index contributed by atoms with van der Waals surface area (Å²) in [5.41, 5.74) is 1.27. The van der Waals surface area contributed by atoms with Crippen LogP contribution in [0.1, 0.15) is 56.9 Å². The van der Waals surface area contributed by atoms with E-state index in [1.807, 2.05) is 12.1 Å². The summed E-state index contributed by atoms with van der Waals surface area (Å²) in [6.07, 6.45) is 4.00. The van der Waals surface area contributed by atoms with Gasteiger partial charge in [-0.1, -0.05) is 31.9 Å². The lowest BCUT2D eigenvalue weighted by Gasteiger charge is -2.28. The molecule has 1 aromatic rings. The van der Waals surface area contributed by atoms with Gasteiger partial charge in [-0.2, -0.15) is 13.2 Å². The van der Waals surface area contributed by atoms with E-state index in [9.17, 15) is 13.2 Å². The number of halogens is 3. The van der Waals surface area contributed by atoms with E-state index in [1.165, 1.54) is 44.1 Å². The molecule has 0 radical (unpaired) electrons. The maximum atomic E-state index is 12.0. The Morgan fingerprint density at radius 3 is 2.27 bits per heavy atom. The van der Waals surface area contributed by atoms with Crippen LogP contribution >= 0.6 is 0 Å². The molecular formula is C18H23F3O. The number of hydrogen-bond donors (Lipinski definition) is 0. The smallest absolute Gasteiger partial charge is 0.412 e. The van der Waals surface area contributed by atoms with Crippen molar-refractivity contribution >= 4 is 0 Å². The summed E-state index contributed by atoms with van der Waals surface area (Å²) in [6.45, 7) is 2.23. The second-order valence-corrected chi connectivity index (χ2v) is 6.04. The molecule has 1 aliphatic carbocycles. The molecule has 1 fully saturated rings. The van der Waals surface area contributed by atoms with Gasteiger partial charge in [0.25, 0.3) is 0 Å². The first-order valence-corrected chi connectivity index (χ1v) is 7.99. The molecule has 0 bridgehead atoms. The second-order valence-electron chi connectivity index (χ2n) is 6.04. The molecule has 1 nitrogen and oxygen atoms in total. The first-order valence-electron chi connectivity index (χ1n) is 7.99. The van der Waals surface area contributed by atoms with E-state index in [0.29, 0.717) is 17.9 Å². The largest absolute Gasteiger partial charge is 0.465 e. The zero-order chi connectivity index (χ0) is 16.0. The summed E-state index contributed by atoms with van der Waals surface area (Å²) >= 11 is 0. The third-order valence-electron chi connectivity index (χ3n) is 4.36. The van der Waals surface area contributed by atoms with Crippen molar-refractivity contribution in [1.29, 1.82) is 0 Å². The van der Waals surface area contributed by atoms with Crippen molar-refractivity contribution in [2.45, 2.75) is 57.5 Å². The lowest BCUT2D eigenvalue weighted by atomic mass is 9.77. The van der Waals surface area contributed by atoms with Gasteiger partial charge in [0.05, 0.1) is 12.3 Å². The maximum absolute atomic E-state index is 12.0. The van der Waals surface area contributed by atoms with Crippen LogP contribution in [0.5, 0.6) is 5.75 Å². The number of benzene rings is 1. The van der Waals surface area contributed by atoms with Crippen molar-refractivity contribution in [3.05, 3.63) is 42.2 Å². The van der Waals surface area contributed by atoms with Crippen molar-refractivity contribution in [2.75, 3.05) is 0 Å². The molecule has 0 saturated heterocycles. The fourth-order valence-electron chi connectivity index (χ4n) is 3.20. The van der Waals surface area contributed by atoms with Crippen molar-refractivity contribution in [3.8, 4) is 5.75 Å². The number of hydrogen-bond acceptors (Lipinski definition) is 1. The van der Waals surface area contributed by atoms with Crippen LogP contribution in [-0.4, -0.2) is 6.18 Å². The SMILES string of the molecule is CCCC1CCC(c2ccc(O/C=C/C(F)(F)F)cc2)CC1. The van der Waals surface area contributed by atoms with Gasteiger partial charge in [-0.15, -0.1) is 0 Å². The van der Waals surface area contributed by atoms with Gasteiger partial charge < -0.3 is 4.74 Å². The van der Waals surface area contributed by atoms with Crippen LogP contribution in [0, 0.1) is 5.92 Å². The molecule has 1 saturated carbocycles. The normalized spacial score (nSPS) is 22.9. The minimum atomic E-state index is -4.34. The van der Waals surface area contributed by atoms with Crippen LogP contribution in [0.2, 0.25) is 0 Å². The van der Waals surface area contributed by atoms with E-state index in [-0.39, 0.29) is 6.08 Å². The predicted octanol–water partition coefficient (Wildman–Crippen LogP) is 6.22. The molecule has 1 aliphatic rings. The lowest BCUT2D eigenvalue weighted by Crippen LogP contribution is -2.13. The Balaban J connectivity index is 1.86.